The highest BCUT2D eigenvalue weighted by Crippen LogP contribution is 2.64. The predicted octanol–water partition coefficient (Wildman–Crippen LogP) is 6.13. The smallest absolute Gasteiger partial charge is 0.170 e. The number of halogens is 1. The molecule has 0 spiro atoms. The van der Waals surface area contributed by atoms with Gasteiger partial charge in [0.15, 0.2) is 5.78 Å². The number of oxime groups is 1. The van der Waals surface area contributed by atoms with Gasteiger partial charge in [-0.15, -0.1) is 0 Å². The Morgan fingerprint density at radius 2 is 1.90 bits per heavy atom. The first-order valence-corrected chi connectivity index (χ1v) is 12.2. The maximum Gasteiger partial charge on any atom is 0.170 e. The number of methoxy groups -OCH3 is 1. The zero-order chi connectivity index (χ0) is 21.8. The molecule has 4 aliphatic rings. The van der Waals surface area contributed by atoms with Crippen molar-refractivity contribution in [3.63, 3.8) is 0 Å². The van der Waals surface area contributed by atoms with Crippen molar-refractivity contribution < 1.29 is 14.7 Å². The SMILES string of the molecule is CO[C@H]1CCC2C3CCC4=C(Br)C(=O)CCC4=C3[C@@H](c3ccc(/C=N/O)cc3)C[C@@]21C. The van der Waals surface area contributed by atoms with Crippen molar-refractivity contribution in [1.82, 2.24) is 0 Å². The molecule has 5 rings (SSSR count). The van der Waals surface area contributed by atoms with Gasteiger partial charge >= 0.3 is 0 Å². The summed E-state index contributed by atoms with van der Waals surface area (Å²) in [7, 11) is 1.87. The Labute approximate surface area is 192 Å². The van der Waals surface area contributed by atoms with Gasteiger partial charge in [0.1, 0.15) is 0 Å². The molecule has 0 saturated heterocycles. The highest BCUT2D eigenvalue weighted by Gasteiger charge is 2.57. The number of carbonyl (C=O) groups excluding carboxylic acids is 1. The molecule has 31 heavy (non-hydrogen) atoms. The van der Waals surface area contributed by atoms with Crippen molar-refractivity contribution in [2.24, 2.45) is 22.4 Å². The fourth-order valence-corrected chi connectivity index (χ4v) is 7.87. The van der Waals surface area contributed by atoms with Crippen LogP contribution in [0.1, 0.15) is 68.9 Å². The van der Waals surface area contributed by atoms with E-state index in [1.54, 1.807) is 5.57 Å². The van der Waals surface area contributed by atoms with E-state index in [0.29, 0.717) is 30.3 Å². The molecule has 2 unspecified atom stereocenters. The molecule has 1 aromatic carbocycles. The van der Waals surface area contributed by atoms with Crippen LogP contribution in [-0.2, 0) is 9.53 Å². The van der Waals surface area contributed by atoms with Crippen LogP contribution >= 0.6 is 15.9 Å². The molecule has 1 N–H and O–H groups in total. The van der Waals surface area contributed by atoms with Crippen molar-refractivity contribution >= 4 is 27.9 Å². The summed E-state index contributed by atoms with van der Waals surface area (Å²) in [4.78, 5) is 12.4. The van der Waals surface area contributed by atoms with E-state index in [1.165, 1.54) is 29.3 Å². The van der Waals surface area contributed by atoms with E-state index >= 15 is 0 Å². The van der Waals surface area contributed by atoms with Crippen LogP contribution in [0.2, 0.25) is 0 Å². The normalized spacial score (nSPS) is 35.4. The van der Waals surface area contributed by atoms with E-state index < -0.39 is 0 Å². The molecular formula is C26H30BrNO3. The minimum Gasteiger partial charge on any atom is -0.411 e. The first-order chi connectivity index (χ1) is 15.0. The number of allylic oxidation sites excluding steroid dienone is 4. The highest BCUT2D eigenvalue weighted by atomic mass is 79.9. The summed E-state index contributed by atoms with van der Waals surface area (Å²) in [6, 6.07) is 8.44. The van der Waals surface area contributed by atoms with Crippen molar-refractivity contribution in [3.05, 3.63) is 56.6 Å². The summed E-state index contributed by atoms with van der Waals surface area (Å²) < 4.78 is 6.84. The van der Waals surface area contributed by atoms with Crippen LogP contribution in [0.25, 0.3) is 0 Å². The minimum absolute atomic E-state index is 0.169. The van der Waals surface area contributed by atoms with E-state index in [4.69, 9.17) is 9.94 Å². The molecule has 0 amide bonds. The molecule has 4 nitrogen and oxygen atoms in total. The second kappa shape index (κ2) is 8.00. The van der Waals surface area contributed by atoms with E-state index in [2.05, 4.69) is 40.1 Å². The molecule has 0 radical (unpaired) electrons. The maximum atomic E-state index is 12.4. The predicted molar refractivity (Wildman–Crippen MR) is 125 cm³/mol. The number of fused-ring (bicyclic) bond motifs is 4. The first-order valence-electron chi connectivity index (χ1n) is 11.4. The number of hydrogen-bond acceptors (Lipinski definition) is 4. The lowest BCUT2D eigenvalue weighted by Crippen LogP contribution is -2.45. The number of ketones is 1. The molecule has 5 heteroatoms. The molecule has 0 aliphatic heterocycles. The van der Waals surface area contributed by atoms with Gasteiger partial charge in [-0.25, -0.2) is 0 Å². The Morgan fingerprint density at radius 1 is 1.13 bits per heavy atom. The Morgan fingerprint density at radius 3 is 2.61 bits per heavy atom. The number of ether oxygens (including phenoxy) is 1. The van der Waals surface area contributed by atoms with Gasteiger partial charge in [-0.3, -0.25) is 4.79 Å². The Bertz CT molecular complexity index is 992. The van der Waals surface area contributed by atoms with Gasteiger partial charge in [0.25, 0.3) is 0 Å². The summed E-state index contributed by atoms with van der Waals surface area (Å²) in [5.41, 5.74) is 6.69. The van der Waals surface area contributed by atoms with Crippen molar-refractivity contribution in [2.75, 3.05) is 7.11 Å². The van der Waals surface area contributed by atoms with Gasteiger partial charge in [-0.2, -0.15) is 0 Å². The van der Waals surface area contributed by atoms with Crippen molar-refractivity contribution in [1.29, 1.82) is 0 Å². The largest absolute Gasteiger partial charge is 0.411 e. The molecule has 4 aliphatic carbocycles. The lowest BCUT2D eigenvalue weighted by Gasteiger charge is -2.52. The van der Waals surface area contributed by atoms with Crippen LogP contribution in [0.15, 0.2) is 50.6 Å². The van der Waals surface area contributed by atoms with Gasteiger partial charge in [0, 0.05) is 19.4 Å². The second-order valence-electron chi connectivity index (χ2n) is 9.88. The topological polar surface area (TPSA) is 58.9 Å². The molecule has 0 heterocycles. The van der Waals surface area contributed by atoms with Gasteiger partial charge < -0.3 is 9.94 Å². The lowest BCUT2D eigenvalue weighted by molar-refractivity contribution is -0.115. The van der Waals surface area contributed by atoms with Crippen LogP contribution in [0, 0.1) is 17.3 Å². The molecule has 0 bridgehead atoms. The molecule has 164 valence electrons. The van der Waals surface area contributed by atoms with E-state index in [9.17, 15) is 4.79 Å². The van der Waals surface area contributed by atoms with Gasteiger partial charge in [0.2, 0.25) is 0 Å². The fourth-order valence-electron chi connectivity index (χ4n) is 7.23. The molecule has 0 aromatic heterocycles. The summed E-state index contributed by atoms with van der Waals surface area (Å²) in [6.07, 6.45) is 8.83. The molecular weight excluding hydrogens is 454 g/mol. The Kier molecular flexibility index (Phi) is 5.46. The third-order valence-corrected chi connectivity index (χ3v) is 9.51. The van der Waals surface area contributed by atoms with Crippen LogP contribution in [0.5, 0.6) is 0 Å². The monoisotopic (exact) mass is 483 g/mol. The summed E-state index contributed by atoms with van der Waals surface area (Å²) in [5.74, 6) is 1.80. The van der Waals surface area contributed by atoms with Crippen molar-refractivity contribution in [3.8, 4) is 0 Å². The van der Waals surface area contributed by atoms with Gasteiger partial charge in [-0.1, -0.05) is 41.9 Å². The molecule has 2 saturated carbocycles. The maximum absolute atomic E-state index is 12.4. The van der Waals surface area contributed by atoms with E-state index in [1.807, 2.05) is 19.2 Å². The average molecular weight is 484 g/mol. The Hall–Kier alpha value is -1.72. The molecule has 2 fully saturated rings. The fraction of sp³-hybridized carbons (Fsp3) is 0.538. The quantitative estimate of drug-likeness (QED) is 0.319. The number of nitrogens with zero attached hydrogens (tertiary/aromatic N) is 1. The second-order valence-corrected chi connectivity index (χ2v) is 10.7. The van der Waals surface area contributed by atoms with Gasteiger partial charge in [0.05, 0.1) is 16.8 Å². The van der Waals surface area contributed by atoms with E-state index in [-0.39, 0.29) is 11.2 Å². The summed E-state index contributed by atoms with van der Waals surface area (Å²) >= 11 is 3.64. The molecule has 5 atom stereocenters. The first kappa shape index (κ1) is 21.1. The standard InChI is InChI=1S/C26H30BrNO3/c1-26-13-20(16-5-3-15(4-6-16)14-28-30)24-17-9-11-22(29)25(27)18(17)7-8-19(24)21(26)10-12-23(26)31-2/h3-6,14,19-21,23,30H,7-13H2,1-2H3/b28-14+/t19?,20-,21?,23+,26+/m1/s1. The number of benzene rings is 1. The Balaban J connectivity index is 1.66. The number of hydrogen-bond donors (Lipinski definition) is 1. The van der Waals surface area contributed by atoms with Gasteiger partial charge in [-0.05, 0) is 94.0 Å². The third kappa shape index (κ3) is 3.27. The lowest BCUT2D eigenvalue weighted by atomic mass is 9.53. The van der Waals surface area contributed by atoms with E-state index in [0.717, 1.165) is 42.1 Å². The van der Waals surface area contributed by atoms with Crippen LogP contribution < -0.4 is 0 Å². The number of rotatable bonds is 3. The summed E-state index contributed by atoms with van der Waals surface area (Å²) in [6.45, 7) is 2.45. The summed E-state index contributed by atoms with van der Waals surface area (Å²) in [5, 5.41) is 12.0. The van der Waals surface area contributed by atoms with Crippen LogP contribution in [0.3, 0.4) is 0 Å². The highest BCUT2D eigenvalue weighted by molar-refractivity contribution is 9.12. The van der Waals surface area contributed by atoms with Crippen LogP contribution in [0.4, 0.5) is 0 Å². The zero-order valence-corrected chi connectivity index (χ0v) is 19.8. The zero-order valence-electron chi connectivity index (χ0n) is 18.2. The van der Waals surface area contributed by atoms with Crippen molar-refractivity contribution in [2.45, 2.75) is 63.9 Å². The minimum atomic E-state index is 0.169. The number of carbonyl (C=O) groups is 1. The average Bonchev–Trinajstić information content (AvgIpc) is 3.12. The van der Waals surface area contributed by atoms with Crippen LogP contribution in [-0.4, -0.2) is 30.4 Å². The molecule has 1 aromatic rings. The number of Topliss-reactive ketones (excluding diaryl/α,β-unsaturated/α-hetero) is 1. The third-order valence-electron chi connectivity index (χ3n) is 8.59.